The summed E-state index contributed by atoms with van der Waals surface area (Å²) < 4.78 is 142. The number of imide groups is 1. The smallest absolute Gasteiger partial charge is 0.262 e. The van der Waals surface area contributed by atoms with E-state index in [-0.39, 0.29) is 84.5 Å². The molecule has 0 saturated heterocycles. The van der Waals surface area contributed by atoms with Crippen molar-refractivity contribution in [3.63, 3.8) is 0 Å². The summed E-state index contributed by atoms with van der Waals surface area (Å²) in [5.41, 5.74) is 15.7. The molecule has 5 N–H and O–H groups in total. The number of amides is 2. The molecule has 0 spiro atoms. The maximum Gasteiger partial charge on any atom is 0.262 e. The molecule has 0 bridgehead atoms. The van der Waals surface area contributed by atoms with Gasteiger partial charge in [-0.15, -0.1) is 0 Å². The number of nitrogens with two attached hydrogens (primary N) is 2. The lowest BCUT2D eigenvalue weighted by molar-refractivity contribution is 0.0592. The molecule has 460 valence electrons. The minimum Gasteiger partial charge on any atom is -0.495 e. The zero-order valence-corrected chi connectivity index (χ0v) is 48.7. The molecule has 7 aromatic carbocycles. The number of halogens is 9. The normalized spacial score (nSPS) is 12.8. The van der Waals surface area contributed by atoms with Crippen LogP contribution in [-0.4, -0.2) is 63.0 Å². The zero-order chi connectivity index (χ0) is 65.3. The summed E-state index contributed by atoms with van der Waals surface area (Å²) in [4.78, 5) is 48.8. The van der Waals surface area contributed by atoms with E-state index < -0.39 is 82.3 Å². The van der Waals surface area contributed by atoms with E-state index in [1.54, 1.807) is 45.0 Å². The standard InChI is InChI=1S/C26H17F3N2O3.C23H17F3N6O.C18H15F3N2O/c1-13(31-25(32)18-5-3-4-6-19(18)26(31)33)23-22(14-9-16(28)11-17(29)10-14)24(34-2)20-12-15(27)7-8-21(20)30-23;1-11(31-23-17(9-27)22(28)29-10-30-23)20-19(12-5-14(25)7-15(26)6-12)21(33-2)16-8-13(24)3-4-18(16)32-20;1-9(22)17-16(10-5-12(20)7-13(21)6-10)18(24-2)14-8-11(19)3-4-15(14)23-17/h3-13H,1-2H3;3-8,10-11H,1-2H3,(H3,28,29,30,31);3-9H,22H2,1-2H3/t13-;11-;9-/m000/s1. The lowest BCUT2D eigenvalue weighted by atomic mass is 9.95. The third-order valence-corrected chi connectivity index (χ3v) is 14.6. The fraction of sp³-hybridized carbons (Fsp3) is 0.134. The van der Waals surface area contributed by atoms with Crippen LogP contribution in [0.15, 0.2) is 140 Å². The zero-order valence-electron chi connectivity index (χ0n) is 48.7. The quantitative estimate of drug-likeness (QED) is 0.0766. The fourth-order valence-electron chi connectivity index (χ4n) is 10.8. The molecule has 0 unspecified atom stereocenters. The molecule has 11 aromatic rings. The summed E-state index contributed by atoms with van der Waals surface area (Å²) in [5.74, 6) is -6.56. The van der Waals surface area contributed by atoms with Crippen LogP contribution in [0.3, 0.4) is 0 Å². The van der Waals surface area contributed by atoms with E-state index in [9.17, 15) is 54.4 Å². The van der Waals surface area contributed by atoms with E-state index in [0.717, 1.165) is 47.4 Å². The Labute approximate surface area is 512 Å². The van der Waals surface area contributed by atoms with Gasteiger partial charge in [-0.25, -0.2) is 59.4 Å². The van der Waals surface area contributed by atoms with Crippen LogP contribution in [0.4, 0.5) is 51.1 Å². The Hall–Kier alpha value is -11.2. The third kappa shape index (κ3) is 12.5. The highest BCUT2D eigenvalue weighted by atomic mass is 19.2. The van der Waals surface area contributed by atoms with Crippen LogP contribution in [0, 0.1) is 63.7 Å². The molecular formula is C67H49F9N10O5. The monoisotopic (exact) mass is 1240 g/mol. The highest BCUT2D eigenvalue weighted by Crippen LogP contribution is 2.46. The predicted molar refractivity (Wildman–Crippen MR) is 322 cm³/mol. The molecule has 12 rings (SSSR count). The first-order chi connectivity index (χ1) is 43.5. The predicted octanol–water partition coefficient (Wildman–Crippen LogP) is 14.8. The van der Waals surface area contributed by atoms with Crippen molar-refractivity contribution in [2.45, 2.75) is 38.9 Å². The van der Waals surface area contributed by atoms with Crippen LogP contribution in [0.5, 0.6) is 17.2 Å². The summed E-state index contributed by atoms with van der Waals surface area (Å²) >= 11 is 0. The van der Waals surface area contributed by atoms with E-state index in [1.807, 2.05) is 6.07 Å². The number of anilines is 2. The van der Waals surface area contributed by atoms with Crippen LogP contribution in [0.25, 0.3) is 66.1 Å². The Morgan fingerprint density at radius 2 is 0.857 bits per heavy atom. The van der Waals surface area contributed by atoms with E-state index in [2.05, 4.69) is 30.2 Å². The molecule has 3 atom stereocenters. The van der Waals surface area contributed by atoms with Gasteiger partial charge in [-0.3, -0.25) is 19.5 Å². The molecule has 0 saturated carbocycles. The number of nitrogen functional groups attached to an aromatic ring is 1. The number of nitrogens with one attached hydrogen (secondary N) is 1. The molecule has 2 amide bonds. The second-order valence-corrected chi connectivity index (χ2v) is 20.6. The van der Waals surface area contributed by atoms with Crippen molar-refractivity contribution in [2.24, 2.45) is 5.73 Å². The van der Waals surface area contributed by atoms with Crippen molar-refractivity contribution in [1.29, 1.82) is 5.26 Å². The summed E-state index contributed by atoms with van der Waals surface area (Å²) in [5, 5.41) is 13.5. The number of fused-ring (bicyclic) bond motifs is 4. The summed E-state index contributed by atoms with van der Waals surface area (Å²) in [6.07, 6.45) is 1.20. The Balaban J connectivity index is 0.000000152. The number of hydrogen-bond donors (Lipinski definition) is 3. The number of ether oxygens (including phenoxy) is 3. The van der Waals surface area contributed by atoms with Gasteiger partial charge >= 0.3 is 0 Å². The molecule has 0 fully saturated rings. The van der Waals surface area contributed by atoms with Gasteiger partial charge in [-0.2, -0.15) is 5.26 Å². The number of pyridine rings is 3. The van der Waals surface area contributed by atoms with E-state index in [1.165, 1.54) is 94.4 Å². The number of hydrogen-bond acceptors (Lipinski definition) is 14. The van der Waals surface area contributed by atoms with Crippen LogP contribution >= 0.6 is 0 Å². The molecule has 4 aromatic heterocycles. The van der Waals surface area contributed by atoms with Gasteiger partial charge < -0.3 is 31.0 Å². The Kier molecular flexibility index (Phi) is 17.9. The maximum absolute atomic E-state index is 14.2. The second kappa shape index (κ2) is 25.9. The van der Waals surface area contributed by atoms with Crippen molar-refractivity contribution in [1.82, 2.24) is 29.8 Å². The largest absolute Gasteiger partial charge is 0.495 e. The van der Waals surface area contributed by atoms with Gasteiger partial charge in [0.1, 0.15) is 99.2 Å². The first-order valence-corrected chi connectivity index (χ1v) is 27.4. The number of methoxy groups -OCH3 is 3. The van der Waals surface area contributed by atoms with Gasteiger partial charge in [0.25, 0.3) is 11.8 Å². The maximum atomic E-state index is 14.2. The molecule has 0 radical (unpaired) electrons. The van der Waals surface area contributed by atoms with Gasteiger partial charge in [0, 0.05) is 57.1 Å². The number of aromatic nitrogens is 5. The van der Waals surface area contributed by atoms with E-state index >= 15 is 0 Å². The highest BCUT2D eigenvalue weighted by Gasteiger charge is 2.41. The Morgan fingerprint density at radius 1 is 0.495 bits per heavy atom. The number of carbonyl (C=O) groups excluding carboxylic acids is 2. The van der Waals surface area contributed by atoms with Gasteiger partial charge in [-0.1, -0.05) is 12.1 Å². The third-order valence-electron chi connectivity index (χ3n) is 14.6. The number of benzene rings is 7. The summed E-state index contributed by atoms with van der Waals surface area (Å²) in [7, 11) is 4.12. The van der Waals surface area contributed by atoms with Crippen LogP contribution < -0.4 is 31.0 Å². The molecule has 1 aliphatic heterocycles. The number of rotatable bonds is 12. The van der Waals surface area contributed by atoms with Crippen LogP contribution in [0.2, 0.25) is 0 Å². The van der Waals surface area contributed by atoms with Gasteiger partial charge in [0.15, 0.2) is 0 Å². The SMILES string of the molecule is COc1c(-c2cc(F)cc(F)c2)c([C@H](C)N)nc2ccc(F)cc12.COc1c(-c2cc(F)cc(F)c2)c([C@H](C)N2C(=O)c3ccccc3C2=O)nc2ccc(F)cc12.COc1c(-c2cc(F)cc(F)c2)c([C@H](C)Nc2ncnc(N)c2C#N)nc2ccc(F)cc12. The lowest BCUT2D eigenvalue weighted by Gasteiger charge is -2.26. The average Bonchev–Trinajstić information content (AvgIpc) is 1.63. The molecule has 5 heterocycles. The summed E-state index contributed by atoms with van der Waals surface area (Å²) in [6, 6.07) is 27.2. The van der Waals surface area contributed by atoms with Crippen molar-refractivity contribution < 1.29 is 63.3 Å². The lowest BCUT2D eigenvalue weighted by Crippen LogP contribution is -2.33. The van der Waals surface area contributed by atoms with Crippen molar-refractivity contribution in [2.75, 3.05) is 32.4 Å². The number of nitrogens with zero attached hydrogens (tertiary/aromatic N) is 7. The molecule has 15 nitrogen and oxygen atoms in total. The Morgan fingerprint density at radius 3 is 1.23 bits per heavy atom. The molecule has 0 aliphatic carbocycles. The van der Waals surface area contributed by atoms with Crippen molar-refractivity contribution >= 4 is 56.2 Å². The van der Waals surface area contributed by atoms with Crippen LogP contribution in [0.1, 0.15) is 82.3 Å². The van der Waals surface area contributed by atoms with Crippen LogP contribution in [-0.2, 0) is 0 Å². The first-order valence-electron chi connectivity index (χ1n) is 27.4. The van der Waals surface area contributed by atoms with E-state index in [4.69, 9.17) is 25.7 Å². The molecule has 24 heteroatoms. The Bertz CT molecular complexity index is 4690. The fourth-order valence-corrected chi connectivity index (χ4v) is 10.8. The average molecular weight is 1250 g/mol. The molecule has 1 aliphatic rings. The van der Waals surface area contributed by atoms with E-state index in [0.29, 0.717) is 44.3 Å². The number of nitriles is 1. The molecular weight excluding hydrogens is 1200 g/mol. The number of carbonyl (C=O) groups is 2. The van der Waals surface area contributed by atoms with Gasteiger partial charge in [0.2, 0.25) is 0 Å². The van der Waals surface area contributed by atoms with Crippen molar-refractivity contribution in [3.05, 3.63) is 226 Å². The molecule has 91 heavy (non-hydrogen) atoms. The minimum atomic E-state index is -0.933. The summed E-state index contributed by atoms with van der Waals surface area (Å²) in [6.45, 7) is 5.02. The van der Waals surface area contributed by atoms with Gasteiger partial charge in [0.05, 0.1) is 78.2 Å². The second-order valence-electron chi connectivity index (χ2n) is 20.6. The highest BCUT2D eigenvalue weighted by molar-refractivity contribution is 6.21. The topological polar surface area (TPSA) is 217 Å². The van der Waals surface area contributed by atoms with Gasteiger partial charge in [-0.05, 0) is 141 Å². The van der Waals surface area contributed by atoms with Crippen molar-refractivity contribution in [3.8, 4) is 56.7 Å². The minimum absolute atomic E-state index is 0.00542. The first kappa shape index (κ1) is 62.8.